The van der Waals surface area contributed by atoms with Crippen LogP contribution in [0.25, 0.3) is 21.7 Å². The fourth-order valence-corrected chi connectivity index (χ4v) is 4.24. The van der Waals surface area contributed by atoms with Gasteiger partial charge in [0.15, 0.2) is 0 Å². The fraction of sp³-hybridized carbons (Fsp3) is 0.0833. The van der Waals surface area contributed by atoms with Gasteiger partial charge in [0.1, 0.15) is 17.4 Å². The zero-order valence-electron chi connectivity index (χ0n) is 16.0. The Kier molecular flexibility index (Phi) is 4.05. The van der Waals surface area contributed by atoms with Crippen molar-refractivity contribution in [3.63, 3.8) is 0 Å². The van der Waals surface area contributed by atoms with Crippen molar-refractivity contribution < 1.29 is 4.74 Å². The van der Waals surface area contributed by atoms with Gasteiger partial charge in [-0.15, -0.1) is 0 Å². The summed E-state index contributed by atoms with van der Waals surface area (Å²) in [6.07, 6.45) is 0. The van der Waals surface area contributed by atoms with Gasteiger partial charge in [-0.25, -0.2) is 0 Å². The Hall–Kier alpha value is -3.75. The van der Waals surface area contributed by atoms with Gasteiger partial charge in [-0.05, 0) is 41.5 Å². The zero-order valence-corrected chi connectivity index (χ0v) is 16.7. The van der Waals surface area contributed by atoms with Crippen LogP contribution in [0.4, 0.5) is 0 Å². The van der Waals surface area contributed by atoms with Crippen LogP contribution in [-0.2, 0) is 0 Å². The lowest BCUT2D eigenvalue weighted by Crippen LogP contribution is -2.25. The average molecular weight is 414 g/mol. The Labute approximate surface area is 177 Å². The number of nitrogens with zero attached hydrogens (tertiary/aromatic N) is 1. The molecule has 3 N–H and O–H groups in total. The van der Waals surface area contributed by atoms with Gasteiger partial charge in [-0.1, -0.05) is 48.0 Å². The minimum atomic E-state index is -0.632. The standard InChI is InChI=1S/C24H16ClN3O2/c1-12-8-14-9-17(24(29)28-20(14)10-19(12)25)21-16-7-6-13-4-2-3-5-15(13)22(16)30-23(27)18(21)11-26/h2-10,21H,27H2,1H3,(H,28,29). The predicted molar refractivity (Wildman–Crippen MR) is 118 cm³/mol. The Morgan fingerprint density at radius 2 is 1.90 bits per heavy atom. The quantitative estimate of drug-likeness (QED) is 0.466. The van der Waals surface area contributed by atoms with Gasteiger partial charge in [0.05, 0.1) is 5.92 Å². The zero-order chi connectivity index (χ0) is 21.0. The Balaban J connectivity index is 1.83. The van der Waals surface area contributed by atoms with Crippen LogP contribution in [0.1, 0.15) is 22.6 Å². The summed E-state index contributed by atoms with van der Waals surface area (Å²) in [5.74, 6) is -0.0491. The first-order valence-corrected chi connectivity index (χ1v) is 9.78. The number of pyridine rings is 1. The summed E-state index contributed by atoms with van der Waals surface area (Å²) < 4.78 is 5.87. The topological polar surface area (TPSA) is 91.9 Å². The third-order valence-electron chi connectivity index (χ3n) is 5.57. The molecule has 3 aromatic carbocycles. The van der Waals surface area contributed by atoms with E-state index < -0.39 is 5.92 Å². The molecule has 146 valence electrons. The highest BCUT2D eigenvalue weighted by Crippen LogP contribution is 2.44. The molecule has 1 aliphatic heterocycles. The number of rotatable bonds is 1. The molecule has 1 aromatic heterocycles. The molecule has 0 spiro atoms. The summed E-state index contributed by atoms with van der Waals surface area (Å²) in [4.78, 5) is 16.0. The van der Waals surface area contributed by atoms with E-state index in [-0.39, 0.29) is 17.0 Å². The number of aryl methyl sites for hydroxylation is 1. The summed E-state index contributed by atoms with van der Waals surface area (Å²) in [5.41, 5.74) is 8.76. The number of benzene rings is 3. The normalized spacial score (nSPS) is 15.7. The molecule has 6 heteroatoms. The number of nitriles is 1. The molecular weight excluding hydrogens is 398 g/mol. The highest BCUT2D eigenvalue weighted by atomic mass is 35.5. The number of aromatic amines is 1. The number of halogens is 1. The average Bonchev–Trinajstić information content (AvgIpc) is 2.74. The molecule has 1 atom stereocenters. The predicted octanol–water partition coefficient (Wildman–Crippen LogP) is 4.86. The second kappa shape index (κ2) is 6.65. The maximum atomic E-state index is 13.1. The molecule has 0 fully saturated rings. The molecule has 0 saturated heterocycles. The van der Waals surface area contributed by atoms with E-state index in [0.29, 0.717) is 21.9 Å². The van der Waals surface area contributed by atoms with Crippen LogP contribution in [0, 0.1) is 18.3 Å². The number of allylic oxidation sites excluding steroid dienone is 1. The van der Waals surface area contributed by atoms with Gasteiger partial charge in [0.25, 0.3) is 5.56 Å². The fourth-order valence-electron chi connectivity index (χ4n) is 4.08. The van der Waals surface area contributed by atoms with Crippen molar-refractivity contribution in [1.29, 1.82) is 5.26 Å². The van der Waals surface area contributed by atoms with Crippen LogP contribution in [0.3, 0.4) is 0 Å². The molecule has 0 bridgehead atoms. The highest BCUT2D eigenvalue weighted by molar-refractivity contribution is 6.32. The summed E-state index contributed by atoms with van der Waals surface area (Å²) >= 11 is 6.21. The summed E-state index contributed by atoms with van der Waals surface area (Å²) in [5, 5.41) is 13.1. The van der Waals surface area contributed by atoms with E-state index in [4.69, 9.17) is 22.1 Å². The number of nitrogens with one attached hydrogen (secondary N) is 1. The minimum Gasteiger partial charge on any atom is -0.440 e. The molecule has 5 nitrogen and oxygen atoms in total. The number of hydrogen-bond acceptors (Lipinski definition) is 4. The molecule has 4 aromatic rings. The smallest absolute Gasteiger partial charge is 0.252 e. The van der Waals surface area contributed by atoms with Crippen molar-refractivity contribution in [2.45, 2.75) is 12.8 Å². The molecular formula is C24H16ClN3O2. The van der Waals surface area contributed by atoms with Gasteiger partial charge in [0.2, 0.25) is 5.88 Å². The van der Waals surface area contributed by atoms with E-state index in [1.165, 1.54) is 0 Å². The van der Waals surface area contributed by atoms with E-state index >= 15 is 0 Å². The number of aromatic nitrogens is 1. The van der Waals surface area contributed by atoms with Crippen LogP contribution in [0.15, 0.2) is 70.8 Å². The molecule has 1 aliphatic rings. The lowest BCUT2D eigenvalue weighted by Gasteiger charge is -2.27. The number of nitrogens with two attached hydrogens (primary N) is 1. The monoisotopic (exact) mass is 413 g/mol. The lowest BCUT2D eigenvalue weighted by atomic mass is 9.82. The summed E-state index contributed by atoms with van der Waals surface area (Å²) in [7, 11) is 0. The van der Waals surface area contributed by atoms with Gasteiger partial charge in [-0.3, -0.25) is 4.79 Å². The first-order chi connectivity index (χ1) is 14.5. The van der Waals surface area contributed by atoms with Crippen LogP contribution in [0.5, 0.6) is 5.75 Å². The molecule has 0 saturated carbocycles. The third kappa shape index (κ3) is 2.66. The Morgan fingerprint density at radius 3 is 2.70 bits per heavy atom. The van der Waals surface area contributed by atoms with Crippen LogP contribution in [0.2, 0.25) is 5.02 Å². The third-order valence-corrected chi connectivity index (χ3v) is 5.98. The second-order valence-corrected chi connectivity index (χ2v) is 7.78. The maximum absolute atomic E-state index is 13.1. The van der Waals surface area contributed by atoms with Crippen molar-refractivity contribution in [3.05, 3.63) is 98.1 Å². The maximum Gasteiger partial charge on any atom is 0.252 e. The van der Waals surface area contributed by atoms with Crippen LogP contribution < -0.4 is 16.0 Å². The summed E-state index contributed by atoms with van der Waals surface area (Å²) in [6.45, 7) is 1.90. The molecule has 5 rings (SSSR count). The first-order valence-electron chi connectivity index (χ1n) is 9.40. The molecule has 30 heavy (non-hydrogen) atoms. The van der Waals surface area contributed by atoms with E-state index in [2.05, 4.69) is 11.1 Å². The Bertz CT molecular complexity index is 1490. The SMILES string of the molecule is Cc1cc2cc(C3C(C#N)=C(N)Oc4c3ccc3ccccc43)c(=O)[nH]c2cc1Cl. The number of fused-ring (bicyclic) bond motifs is 4. The van der Waals surface area contributed by atoms with Gasteiger partial charge < -0.3 is 15.5 Å². The van der Waals surface area contributed by atoms with E-state index in [1.807, 2.05) is 49.4 Å². The number of ether oxygens (including phenoxy) is 1. The van der Waals surface area contributed by atoms with Gasteiger partial charge in [-0.2, -0.15) is 5.26 Å². The lowest BCUT2D eigenvalue weighted by molar-refractivity contribution is 0.398. The molecule has 0 amide bonds. The summed E-state index contributed by atoms with van der Waals surface area (Å²) in [6, 6.07) is 19.2. The minimum absolute atomic E-state index is 0.0122. The number of H-pyrrole nitrogens is 1. The van der Waals surface area contributed by atoms with Crippen molar-refractivity contribution in [3.8, 4) is 11.8 Å². The van der Waals surface area contributed by atoms with Crippen molar-refractivity contribution in [1.82, 2.24) is 4.98 Å². The first kappa shape index (κ1) is 18.3. The van der Waals surface area contributed by atoms with Crippen molar-refractivity contribution in [2.75, 3.05) is 0 Å². The molecule has 2 heterocycles. The van der Waals surface area contributed by atoms with Crippen molar-refractivity contribution in [2.24, 2.45) is 5.73 Å². The van der Waals surface area contributed by atoms with E-state index in [9.17, 15) is 10.1 Å². The molecule has 0 aliphatic carbocycles. The van der Waals surface area contributed by atoms with Gasteiger partial charge in [0, 0.05) is 27.1 Å². The second-order valence-electron chi connectivity index (χ2n) is 7.37. The van der Waals surface area contributed by atoms with Gasteiger partial charge >= 0.3 is 0 Å². The van der Waals surface area contributed by atoms with Crippen molar-refractivity contribution >= 4 is 33.3 Å². The molecule has 0 radical (unpaired) electrons. The van der Waals surface area contributed by atoms with Crippen LogP contribution >= 0.6 is 11.6 Å². The largest absolute Gasteiger partial charge is 0.440 e. The number of hydrogen-bond donors (Lipinski definition) is 2. The van der Waals surface area contributed by atoms with E-state index in [0.717, 1.165) is 27.3 Å². The van der Waals surface area contributed by atoms with E-state index in [1.54, 1.807) is 12.1 Å². The highest BCUT2D eigenvalue weighted by Gasteiger charge is 2.33. The molecule has 1 unspecified atom stereocenters. The Morgan fingerprint density at radius 1 is 1.10 bits per heavy atom. The van der Waals surface area contributed by atoms with Crippen LogP contribution in [-0.4, -0.2) is 4.98 Å².